The number of aryl methyl sites for hydroxylation is 1. The second kappa shape index (κ2) is 6.08. The first kappa shape index (κ1) is 15.2. The van der Waals surface area contributed by atoms with Gasteiger partial charge in [0.05, 0.1) is 5.56 Å². The van der Waals surface area contributed by atoms with E-state index in [1.807, 2.05) is 0 Å². The Labute approximate surface area is 120 Å². The number of rotatable bonds is 4. The van der Waals surface area contributed by atoms with Crippen LogP contribution in [-0.2, 0) is 6.18 Å². The van der Waals surface area contributed by atoms with Crippen molar-refractivity contribution in [3.63, 3.8) is 0 Å². The van der Waals surface area contributed by atoms with Gasteiger partial charge in [-0.25, -0.2) is 0 Å². The number of nitrogens with zero attached hydrogens (tertiary/aromatic N) is 1. The Morgan fingerprint density at radius 3 is 2.62 bits per heavy atom. The van der Waals surface area contributed by atoms with Crippen molar-refractivity contribution in [1.29, 1.82) is 0 Å². The Bertz CT molecular complexity index is 650. The topological polar surface area (TPSA) is 30.0 Å². The van der Waals surface area contributed by atoms with Gasteiger partial charge >= 0.3 is 6.18 Å². The van der Waals surface area contributed by atoms with Gasteiger partial charge in [-0.1, -0.05) is 18.2 Å². The maximum Gasteiger partial charge on any atom is 0.416 e. The van der Waals surface area contributed by atoms with E-state index in [2.05, 4.69) is 4.98 Å². The first-order valence-electron chi connectivity index (χ1n) is 6.33. The number of alkyl halides is 3. The number of pyridine rings is 1. The van der Waals surface area contributed by atoms with E-state index in [1.165, 1.54) is 30.8 Å². The third kappa shape index (κ3) is 3.90. The lowest BCUT2D eigenvalue weighted by atomic mass is 9.99. The summed E-state index contributed by atoms with van der Waals surface area (Å²) in [6, 6.07) is 8.38. The van der Waals surface area contributed by atoms with Crippen LogP contribution in [0.1, 0.15) is 33.6 Å². The van der Waals surface area contributed by atoms with Crippen LogP contribution in [0.25, 0.3) is 0 Å². The van der Waals surface area contributed by atoms with Gasteiger partial charge in [0.15, 0.2) is 5.78 Å². The summed E-state index contributed by atoms with van der Waals surface area (Å²) in [5, 5.41) is 0. The van der Waals surface area contributed by atoms with Gasteiger partial charge in [-0.05, 0) is 37.1 Å². The Balaban J connectivity index is 2.12. The van der Waals surface area contributed by atoms with E-state index in [-0.39, 0.29) is 17.8 Å². The van der Waals surface area contributed by atoms with Crippen LogP contribution < -0.4 is 0 Å². The molecule has 0 atom stereocenters. The Morgan fingerprint density at radius 1 is 1.24 bits per heavy atom. The second-order valence-corrected chi connectivity index (χ2v) is 4.60. The van der Waals surface area contributed by atoms with Crippen LogP contribution in [0.4, 0.5) is 13.2 Å². The molecule has 21 heavy (non-hydrogen) atoms. The molecule has 1 aromatic heterocycles. The molecule has 5 heteroatoms. The smallest absolute Gasteiger partial charge is 0.294 e. The molecule has 0 amide bonds. The molecular formula is C16H13F3NO. The predicted octanol–water partition coefficient (Wildman–Crippen LogP) is 4.23. The molecule has 0 saturated carbocycles. The molecule has 109 valence electrons. The van der Waals surface area contributed by atoms with Crippen molar-refractivity contribution in [2.24, 2.45) is 0 Å². The summed E-state index contributed by atoms with van der Waals surface area (Å²) < 4.78 is 38.5. The number of Topliss-reactive ketones (excluding diaryl/α,β-unsaturated/α-hetero) is 1. The SMILES string of the molecule is Cc1cc(C(=O)C[CH]c2ccccc2C(F)(F)F)ccn1. The average Bonchev–Trinajstić information content (AvgIpc) is 2.44. The summed E-state index contributed by atoms with van der Waals surface area (Å²) >= 11 is 0. The molecule has 0 spiro atoms. The highest BCUT2D eigenvalue weighted by molar-refractivity contribution is 5.97. The third-order valence-corrected chi connectivity index (χ3v) is 2.99. The summed E-state index contributed by atoms with van der Waals surface area (Å²) in [5.74, 6) is -0.238. The zero-order chi connectivity index (χ0) is 15.5. The third-order valence-electron chi connectivity index (χ3n) is 2.99. The highest BCUT2D eigenvalue weighted by Gasteiger charge is 2.32. The van der Waals surface area contributed by atoms with Crippen molar-refractivity contribution in [3.05, 3.63) is 71.4 Å². The summed E-state index contributed by atoms with van der Waals surface area (Å²) in [6.07, 6.45) is -1.70. The first-order chi connectivity index (χ1) is 9.88. The van der Waals surface area contributed by atoms with Gasteiger partial charge in [0.25, 0.3) is 0 Å². The minimum atomic E-state index is -4.43. The quantitative estimate of drug-likeness (QED) is 0.789. The molecule has 2 rings (SSSR count). The number of halogens is 3. The van der Waals surface area contributed by atoms with Crippen LogP contribution in [0.5, 0.6) is 0 Å². The Hall–Kier alpha value is -2.17. The van der Waals surface area contributed by atoms with E-state index in [0.29, 0.717) is 11.3 Å². The predicted molar refractivity (Wildman–Crippen MR) is 72.8 cm³/mol. The molecule has 0 N–H and O–H groups in total. The number of carbonyl (C=O) groups excluding carboxylic acids is 1. The van der Waals surface area contributed by atoms with Gasteiger partial charge in [-0.15, -0.1) is 0 Å². The number of aromatic nitrogens is 1. The van der Waals surface area contributed by atoms with E-state index in [1.54, 1.807) is 19.1 Å². The Morgan fingerprint density at radius 2 is 1.95 bits per heavy atom. The summed E-state index contributed by atoms with van der Waals surface area (Å²) in [5.41, 5.74) is 0.424. The molecule has 2 aromatic rings. The largest absolute Gasteiger partial charge is 0.416 e. The molecule has 1 heterocycles. The zero-order valence-corrected chi connectivity index (χ0v) is 11.3. The average molecular weight is 292 g/mol. The van der Waals surface area contributed by atoms with Crippen LogP contribution >= 0.6 is 0 Å². The number of hydrogen-bond donors (Lipinski definition) is 0. The highest BCUT2D eigenvalue weighted by Crippen LogP contribution is 2.32. The van der Waals surface area contributed by atoms with Gasteiger partial charge in [-0.2, -0.15) is 13.2 Å². The lowest BCUT2D eigenvalue weighted by Crippen LogP contribution is -2.09. The monoisotopic (exact) mass is 292 g/mol. The van der Waals surface area contributed by atoms with Crippen molar-refractivity contribution >= 4 is 5.78 Å². The molecule has 1 aromatic carbocycles. The van der Waals surface area contributed by atoms with Crippen LogP contribution in [0.3, 0.4) is 0 Å². The second-order valence-electron chi connectivity index (χ2n) is 4.60. The molecule has 0 bridgehead atoms. The fraction of sp³-hybridized carbons (Fsp3) is 0.188. The fourth-order valence-corrected chi connectivity index (χ4v) is 1.97. The van der Waals surface area contributed by atoms with Gasteiger partial charge in [0.1, 0.15) is 0 Å². The highest BCUT2D eigenvalue weighted by atomic mass is 19.4. The van der Waals surface area contributed by atoms with Gasteiger partial charge in [-0.3, -0.25) is 9.78 Å². The Kier molecular flexibility index (Phi) is 4.40. The molecule has 0 fully saturated rings. The normalized spacial score (nSPS) is 11.4. The van der Waals surface area contributed by atoms with Crippen molar-refractivity contribution in [3.8, 4) is 0 Å². The molecule has 0 saturated heterocycles. The maximum atomic E-state index is 12.8. The first-order valence-corrected chi connectivity index (χ1v) is 6.33. The summed E-state index contributed by atoms with van der Waals surface area (Å²) in [6.45, 7) is 1.75. The van der Waals surface area contributed by atoms with E-state index in [0.717, 1.165) is 6.07 Å². The number of benzene rings is 1. The number of carbonyl (C=O) groups is 1. The molecule has 0 aliphatic carbocycles. The van der Waals surface area contributed by atoms with E-state index < -0.39 is 11.7 Å². The fourth-order valence-electron chi connectivity index (χ4n) is 1.97. The summed E-state index contributed by atoms with van der Waals surface area (Å²) in [4.78, 5) is 16.0. The van der Waals surface area contributed by atoms with Gasteiger partial charge in [0.2, 0.25) is 0 Å². The molecular weight excluding hydrogens is 279 g/mol. The van der Waals surface area contributed by atoms with Gasteiger partial charge in [0, 0.05) is 23.9 Å². The van der Waals surface area contributed by atoms with Crippen molar-refractivity contribution in [2.75, 3.05) is 0 Å². The van der Waals surface area contributed by atoms with Crippen LogP contribution in [-0.4, -0.2) is 10.8 Å². The number of ketones is 1. The van der Waals surface area contributed by atoms with E-state index >= 15 is 0 Å². The van der Waals surface area contributed by atoms with E-state index in [4.69, 9.17) is 0 Å². The molecule has 0 unspecified atom stereocenters. The standard InChI is InChI=1S/C16H13F3NO/c1-11-10-13(8-9-20-11)15(21)7-6-12-4-2-3-5-14(12)16(17,18)19/h2-6,8-10H,7H2,1H3. The molecule has 0 aliphatic heterocycles. The minimum absolute atomic E-state index is 0.0177. The molecule has 2 nitrogen and oxygen atoms in total. The van der Waals surface area contributed by atoms with Crippen molar-refractivity contribution in [2.45, 2.75) is 19.5 Å². The lowest BCUT2D eigenvalue weighted by Gasteiger charge is -2.12. The van der Waals surface area contributed by atoms with Crippen LogP contribution in [0, 0.1) is 13.3 Å². The lowest BCUT2D eigenvalue weighted by molar-refractivity contribution is -0.137. The molecule has 0 aliphatic rings. The van der Waals surface area contributed by atoms with Crippen molar-refractivity contribution < 1.29 is 18.0 Å². The summed E-state index contributed by atoms with van der Waals surface area (Å²) in [7, 11) is 0. The van der Waals surface area contributed by atoms with Gasteiger partial charge < -0.3 is 0 Å². The van der Waals surface area contributed by atoms with Crippen molar-refractivity contribution in [1.82, 2.24) is 4.98 Å². The zero-order valence-electron chi connectivity index (χ0n) is 11.3. The molecule has 1 radical (unpaired) electrons. The van der Waals surface area contributed by atoms with E-state index in [9.17, 15) is 18.0 Å². The number of hydrogen-bond acceptors (Lipinski definition) is 2. The van der Waals surface area contributed by atoms with Crippen LogP contribution in [0.2, 0.25) is 0 Å². The maximum absolute atomic E-state index is 12.8. The minimum Gasteiger partial charge on any atom is -0.294 e. The van der Waals surface area contributed by atoms with Crippen LogP contribution in [0.15, 0.2) is 42.6 Å².